The van der Waals surface area contributed by atoms with Crippen LogP contribution in [0.25, 0.3) is 0 Å². The number of allylic oxidation sites excluding steroid dienone is 2. The summed E-state index contributed by atoms with van der Waals surface area (Å²) in [5, 5.41) is 12.7. The van der Waals surface area contributed by atoms with E-state index in [2.05, 4.69) is 65.2 Å². The number of phenols is 1. The summed E-state index contributed by atoms with van der Waals surface area (Å²) in [6, 6.07) is 15.5. The third-order valence-corrected chi connectivity index (χ3v) is 7.45. The van der Waals surface area contributed by atoms with Gasteiger partial charge in [0.1, 0.15) is 11.1 Å². The average Bonchev–Trinajstić information content (AvgIpc) is 2.50. The molecule has 23 heavy (non-hydrogen) atoms. The minimum absolute atomic E-state index is 0.182. The smallest absolute Gasteiger partial charge is 0.115 e. The first-order chi connectivity index (χ1) is 11.1. The molecule has 1 heterocycles. The van der Waals surface area contributed by atoms with Crippen LogP contribution in [0.3, 0.4) is 0 Å². The monoisotopic (exact) mass is 548 g/mol. The summed E-state index contributed by atoms with van der Waals surface area (Å²) in [4.78, 5) is 7.02. The largest absolute Gasteiger partial charge is 0.508 e. The van der Waals surface area contributed by atoms with Gasteiger partial charge in [-0.3, -0.25) is 0 Å². The lowest BCUT2D eigenvalue weighted by atomic mass is 10.3. The van der Waals surface area contributed by atoms with Gasteiger partial charge in [0.2, 0.25) is 0 Å². The Kier molecular flexibility index (Phi) is 5.76. The van der Waals surface area contributed by atoms with E-state index in [4.69, 9.17) is 4.99 Å². The van der Waals surface area contributed by atoms with Crippen LogP contribution in [-0.4, -0.2) is 10.5 Å². The van der Waals surface area contributed by atoms with Gasteiger partial charge in [-0.05, 0) is 105 Å². The van der Waals surface area contributed by atoms with Crippen molar-refractivity contribution < 1.29 is 5.11 Å². The van der Waals surface area contributed by atoms with Crippen molar-refractivity contribution in [3.63, 3.8) is 0 Å². The van der Waals surface area contributed by atoms with Gasteiger partial charge in [0.15, 0.2) is 0 Å². The number of nitrogens with one attached hydrogen (secondary N) is 1. The molecule has 0 fully saturated rings. The standard InChI is InChI=1S/C17H14I2N2OS/c1-11-10-16(19-17(18)20-11)21-12-2-6-14(7-3-12)23-15-8-4-13(22)5-9-15/h2-10,20,22H,1H3. The average molecular weight is 548 g/mol. The number of halogens is 2. The van der Waals surface area contributed by atoms with Gasteiger partial charge in [0.25, 0.3) is 0 Å². The summed E-state index contributed by atoms with van der Waals surface area (Å²) in [5.41, 5.74) is 2.14. The van der Waals surface area contributed by atoms with Gasteiger partial charge in [-0.15, -0.1) is 0 Å². The summed E-state index contributed by atoms with van der Waals surface area (Å²) >= 11 is 3.85. The Morgan fingerprint density at radius 3 is 2.26 bits per heavy atom. The molecule has 6 heteroatoms. The maximum Gasteiger partial charge on any atom is 0.115 e. The van der Waals surface area contributed by atoms with Crippen LogP contribution in [0.4, 0.5) is 5.69 Å². The molecular formula is C17H14I2N2OS. The fourth-order valence-corrected chi connectivity index (χ4v) is 6.63. The van der Waals surface area contributed by atoms with Crippen LogP contribution in [0.1, 0.15) is 6.92 Å². The van der Waals surface area contributed by atoms with Gasteiger partial charge in [0, 0.05) is 15.5 Å². The maximum absolute atomic E-state index is 9.32. The van der Waals surface area contributed by atoms with Crippen molar-refractivity contribution in [1.82, 2.24) is 5.32 Å². The molecule has 0 aliphatic carbocycles. The van der Waals surface area contributed by atoms with Crippen LogP contribution in [-0.2, 0) is 0 Å². The third kappa shape index (κ3) is 5.05. The van der Waals surface area contributed by atoms with Gasteiger partial charge in [-0.25, -0.2) is 4.99 Å². The Bertz CT molecular complexity index is 776. The van der Waals surface area contributed by atoms with E-state index < -0.39 is 0 Å². The second kappa shape index (κ2) is 7.80. The van der Waals surface area contributed by atoms with Crippen molar-refractivity contribution >= 4 is 66.1 Å². The van der Waals surface area contributed by atoms with Crippen LogP contribution < -0.4 is 5.32 Å². The van der Waals surface area contributed by atoms with Crippen molar-refractivity contribution in [2.24, 2.45) is 4.99 Å². The van der Waals surface area contributed by atoms with Crippen LogP contribution in [0.2, 0.25) is 0 Å². The van der Waals surface area contributed by atoms with E-state index in [0.717, 1.165) is 21.2 Å². The van der Waals surface area contributed by atoms with Crippen LogP contribution in [0, 0.1) is 0 Å². The first-order valence-electron chi connectivity index (χ1n) is 6.87. The summed E-state index contributed by atoms with van der Waals surface area (Å²) in [6.45, 7) is 2.06. The predicted molar refractivity (Wildman–Crippen MR) is 116 cm³/mol. The third-order valence-electron chi connectivity index (χ3n) is 2.95. The normalized spacial score (nSPS) is 16.2. The van der Waals surface area contributed by atoms with E-state index >= 15 is 0 Å². The summed E-state index contributed by atoms with van der Waals surface area (Å²) in [7, 11) is 0. The van der Waals surface area contributed by atoms with Gasteiger partial charge in [-0.2, -0.15) is 0 Å². The molecule has 0 atom stereocenters. The number of phenolic OH excluding ortho intramolecular Hbond substituents is 1. The molecule has 3 rings (SSSR count). The first kappa shape index (κ1) is 17.0. The Balaban J connectivity index is 1.74. The quantitative estimate of drug-likeness (QED) is 0.390. The molecule has 0 radical (unpaired) electrons. The molecule has 2 N–H and O–H groups in total. The molecule has 0 amide bonds. The fourth-order valence-electron chi connectivity index (χ4n) is 1.92. The topological polar surface area (TPSA) is 44.6 Å². The van der Waals surface area contributed by atoms with E-state index in [1.54, 1.807) is 23.9 Å². The number of nitrogens with zero attached hydrogens (tertiary/aromatic N) is 1. The Hall–Kier alpha value is -0.870. The van der Waals surface area contributed by atoms with Gasteiger partial charge in [0.05, 0.1) is 5.69 Å². The molecule has 1 aliphatic rings. The first-order valence-corrected chi connectivity index (χ1v) is 10.9. The van der Waals surface area contributed by atoms with Crippen LogP contribution in [0.5, 0.6) is 5.75 Å². The fraction of sp³-hybridized carbons (Fsp3) is 0.0588. The highest BCUT2D eigenvalue weighted by atomic mass is 127. The van der Waals surface area contributed by atoms with Gasteiger partial charge in [-0.1, -0.05) is 11.8 Å². The molecule has 118 valence electrons. The number of aliphatic imine (C=N–C) groups is 1. The summed E-state index contributed by atoms with van der Waals surface area (Å²) < 4.78 is 2.49. The van der Waals surface area contributed by atoms with Gasteiger partial charge < -0.3 is 10.4 Å². The lowest BCUT2D eigenvalue weighted by molar-refractivity contribution is 0.475. The van der Waals surface area contributed by atoms with Crippen molar-refractivity contribution in [3.05, 3.63) is 60.3 Å². The Morgan fingerprint density at radius 1 is 1.04 bits per heavy atom. The lowest BCUT2D eigenvalue weighted by Crippen LogP contribution is -2.17. The lowest BCUT2D eigenvalue weighted by Gasteiger charge is -2.10. The second-order valence-corrected chi connectivity index (χ2v) is 11.8. The number of aromatic hydroxyl groups is 1. The summed E-state index contributed by atoms with van der Waals surface area (Å²) in [6.07, 6.45) is 2.13. The van der Waals surface area contributed by atoms with Gasteiger partial charge >= 0.3 is 0 Å². The summed E-state index contributed by atoms with van der Waals surface area (Å²) in [5.74, 6) is 0.292. The molecular weight excluding hydrogens is 534 g/mol. The van der Waals surface area contributed by atoms with Crippen LogP contribution in [0.15, 0.2) is 75.1 Å². The molecule has 3 nitrogen and oxygen atoms in total. The van der Waals surface area contributed by atoms with E-state index in [-0.39, 0.29) is 20.7 Å². The molecule has 0 saturated heterocycles. The highest BCUT2D eigenvalue weighted by Crippen LogP contribution is 2.30. The minimum atomic E-state index is -0.182. The van der Waals surface area contributed by atoms with Crippen molar-refractivity contribution in [1.29, 1.82) is 0 Å². The van der Waals surface area contributed by atoms with E-state index in [9.17, 15) is 5.11 Å². The molecule has 1 aliphatic heterocycles. The van der Waals surface area contributed by atoms with E-state index in [1.807, 2.05) is 12.1 Å². The zero-order valence-corrected chi connectivity index (χ0v) is 17.4. The highest BCUT2D eigenvalue weighted by molar-refractivity contribution is 14.2. The number of benzene rings is 2. The Labute approximate surface area is 163 Å². The number of hydrogen-bond donors (Lipinski definition) is 2. The van der Waals surface area contributed by atoms with Crippen molar-refractivity contribution in [2.75, 3.05) is 0 Å². The maximum atomic E-state index is 9.32. The van der Waals surface area contributed by atoms with Crippen molar-refractivity contribution in [2.45, 2.75) is 16.7 Å². The van der Waals surface area contributed by atoms with Crippen molar-refractivity contribution in [3.8, 4) is 5.75 Å². The SMILES string of the molecule is CC1=CC(=Nc2ccc(Sc3ccc(O)cc3)cc2)I=C(I)N1. The zero-order chi connectivity index (χ0) is 16.2. The molecule has 2 aromatic rings. The molecule has 0 bridgehead atoms. The molecule has 0 spiro atoms. The van der Waals surface area contributed by atoms with Crippen LogP contribution >= 0.6 is 55.1 Å². The minimum Gasteiger partial charge on any atom is -0.508 e. The molecule has 0 unspecified atom stereocenters. The number of hydrogen-bond acceptors (Lipinski definition) is 4. The molecule has 2 aromatic carbocycles. The molecule has 0 aromatic heterocycles. The number of rotatable bonds is 3. The zero-order valence-electron chi connectivity index (χ0n) is 12.3. The van der Waals surface area contributed by atoms with E-state index in [0.29, 0.717) is 5.75 Å². The second-order valence-electron chi connectivity index (χ2n) is 4.83. The molecule has 0 saturated carbocycles. The highest BCUT2D eigenvalue weighted by Gasteiger charge is 2.05. The predicted octanol–water partition coefficient (Wildman–Crippen LogP) is 5.57. The Morgan fingerprint density at radius 2 is 1.65 bits per heavy atom. The van der Waals surface area contributed by atoms with E-state index in [1.165, 1.54) is 5.36 Å².